The van der Waals surface area contributed by atoms with Crippen LogP contribution in [0.3, 0.4) is 0 Å². The minimum atomic E-state index is -0.857. The topological polar surface area (TPSA) is 117 Å². The number of nitrogens with one attached hydrogen (secondary N) is 1. The molecule has 1 saturated heterocycles. The summed E-state index contributed by atoms with van der Waals surface area (Å²) < 4.78 is 31.4. The Kier molecular flexibility index (Phi) is 6.72. The van der Waals surface area contributed by atoms with Crippen LogP contribution in [0.15, 0.2) is 58.0 Å². The molecule has 7 rings (SSSR count). The lowest BCUT2D eigenvalue weighted by Crippen LogP contribution is -2.33. The zero-order chi connectivity index (χ0) is 28.8. The molecule has 1 saturated carbocycles. The SMILES string of the molecule is N#CC1(Cc2cc(-c3noc(=O)[nH]3)cnc2CN2CCC(c3cccc4c3O[C@@H](c3ccc(Cl)cc3F)O4)CC2)CC1. The number of aromatic amines is 1. The fourth-order valence-electron chi connectivity index (χ4n) is 5.91. The molecule has 3 aliphatic rings. The maximum atomic E-state index is 14.6. The van der Waals surface area contributed by atoms with Crippen molar-refractivity contribution in [2.45, 2.75) is 50.9 Å². The van der Waals surface area contributed by atoms with Crippen LogP contribution in [-0.2, 0) is 13.0 Å². The van der Waals surface area contributed by atoms with E-state index in [0.717, 1.165) is 55.6 Å². The number of pyridine rings is 1. The zero-order valence-corrected chi connectivity index (χ0v) is 23.4. The third-order valence-electron chi connectivity index (χ3n) is 8.48. The maximum Gasteiger partial charge on any atom is 0.439 e. The Morgan fingerprint density at radius 3 is 2.69 bits per heavy atom. The Balaban J connectivity index is 1.05. The standard InChI is InChI=1S/C31H27ClFN5O4/c32-21-4-5-23(24(33)13-21)29-40-26-3-1-2-22(27(26)41-29)18-6-10-38(11-7-18)16-25-19(14-31(17-34)8-9-31)12-20(15-35-25)28-36-30(39)42-37-28/h1-5,12-13,15,18,29H,6-11,14,16H2,(H,36,37,39)/t29-/m0/s1. The molecule has 4 heterocycles. The van der Waals surface area contributed by atoms with Crippen LogP contribution in [0.25, 0.3) is 11.4 Å². The quantitative estimate of drug-likeness (QED) is 0.283. The summed E-state index contributed by atoms with van der Waals surface area (Å²) in [5.41, 5.74) is 3.61. The van der Waals surface area contributed by atoms with Gasteiger partial charge in [-0.15, -0.1) is 0 Å². The second-order valence-electron chi connectivity index (χ2n) is 11.3. The molecular formula is C31H27ClFN5O4. The first-order chi connectivity index (χ1) is 20.4. The number of aromatic nitrogens is 3. The van der Waals surface area contributed by atoms with Crippen LogP contribution in [0.1, 0.15) is 60.3 Å². The number of halogens is 2. The second-order valence-corrected chi connectivity index (χ2v) is 11.7. The number of piperidine rings is 1. The van der Waals surface area contributed by atoms with Gasteiger partial charge in [-0.25, -0.2) is 9.18 Å². The highest BCUT2D eigenvalue weighted by Crippen LogP contribution is 2.49. The van der Waals surface area contributed by atoms with Crippen LogP contribution in [0.2, 0.25) is 5.02 Å². The van der Waals surface area contributed by atoms with Crippen molar-refractivity contribution in [3.8, 4) is 29.0 Å². The molecule has 0 unspecified atom stereocenters. The van der Waals surface area contributed by atoms with Gasteiger partial charge in [0, 0.05) is 28.9 Å². The van der Waals surface area contributed by atoms with Gasteiger partial charge in [-0.3, -0.25) is 19.4 Å². The molecule has 1 N–H and O–H groups in total. The van der Waals surface area contributed by atoms with Crippen LogP contribution < -0.4 is 15.2 Å². The number of benzene rings is 2. The molecule has 214 valence electrons. The molecular weight excluding hydrogens is 561 g/mol. The van der Waals surface area contributed by atoms with Crippen molar-refractivity contribution in [3.63, 3.8) is 0 Å². The molecule has 2 fully saturated rings. The molecule has 1 aliphatic carbocycles. The summed E-state index contributed by atoms with van der Waals surface area (Å²) in [6.45, 7) is 2.37. The number of nitrogens with zero attached hydrogens (tertiary/aromatic N) is 4. The van der Waals surface area contributed by atoms with E-state index in [0.29, 0.717) is 46.4 Å². The third kappa shape index (κ3) is 5.14. The normalized spacial score (nSPS) is 19.5. The summed E-state index contributed by atoms with van der Waals surface area (Å²) in [6.07, 6.45) is 5.02. The number of hydrogen-bond donors (Lipinski definition) is 1. The van der Waals surface area contributed by atoms with Crippen molar-refractivity contribution in [2.24, 2.45) is 5.41 Å². The van der Waals surface area contributed by atoms with E-state index in [2.05, 4.69) is 31.7 Å². The number of H-pyrrole nitrogens is 1. The van der Waals surface area contributed by atoms with Crippen molar-refractivity contribution in [2.75, 3.05) is 13.1 Å². The molecule has 0 bridgehead atoms. The average Bonchev–Trinajstić information content (AvgIpc) is 3.40. The highest BCUT2D eigenvalue weighted by atomic mass is 35.5. The van der Waals surface area contributed by atoms with Crippen molar-refractivity contribution in [1.82, 2.24) is 20.0 Å². The smallest absolute Gasteiger partial charge is 0.439 e. The first kappa shape index (κ1) is 26.7. The van der Waals surface area contributed by atoms with E-state index < -0.39 is 17.9 Å². The fourth-order valence-corrected chi connectivity index (χ4v) is 6.07. The van der Waals surface area contributed by atoms with E-state index in [1.54, 1.807) is 18.3 Å². The van der Waals surface area contributed by atoms with E-state index in [4.69, 9.17) is 26.1 Å². The van der Waals surface area contributed by atoms with Crippen molar-refractivity contribution < 1.29 is 18.4 Å². The number of nitriles is 1. The van der Waals surface area contributed by atoms with Crippen molar-refractivity contribution in [3.05, 3.63) is 92.4 Å². The number of hydrogen-bond acceptors (Lipinski definition) is 8. The lowest BCUT2D eigenvalue weighted by molar-refractivity contribution is 0.0445. The van der Waals surface area contributed by atoms with Gasteiger partial charge in [0.25, 0.3) is 6.29 Å². The molecule has 0 radical (unpaired) electrons. The lowest BCUT2D eigenvalue weighted by Gasteiger charge is -2.32. The van der Waals surface area contributed by atoms with E-state index in [1.807, 2.05) is 18.2 Å². The van der Waals surface area contributed by atoms with Gasteiger partial charge in [-0.05, 0) is 87.0 Å². The largest absolute Gasteiger partial charge is 0.447 e. The van der Waals surface area contributed by atoms with Gasteiger partial charge < -0.3 is 9.47 Å². The average molecular weight is 588 g/mol. The van der Waals surface area contributed by atoms with Crippen LogP contribution in [0.5, 0.6) is 11.5 Å². The maximum absolute atomic E-state index is 14.6. The van der Waals surface area contributed by atoms with Gasteiger partial charge in [-0.1, -0.05) is 28.9 Å². The molecule has 2 aromatic heterocycles. The summed E-state index contributed by atoms with van der Waals surface area (Å²) in [6, 6.07) is 14.8. The Morgan fingerprint density at radius 2 is 1.98 bits per heavy atom. The van der Waals surface area contributed by atoms with Gasteiger partial charge in [0.15, 0.2) is 17.3 Å². The van der Waals surface area contributed by atoms with Crippen LogP contribution in [-0.4, -0.2) is 33.1 Å². The first-order valence-electron chi connectivity index (χ1n) is 14.0. The van der Waals surface area contributed by atoms with Gasteiger partial charge in [-0.2, -0.15) is 5.26 Å². The van der Waals surface area contributed by atoms with E-state index in [9.17, 15) is 14.4 Å². The molecule has 0 spiro atoms. The Bertz CT molecular complexity index is 1750. The fraction of sp³-hybridized carbons (Fsp3) is 0.355. The second kappa shape index (κ2) is 10.6. The number of para-hydroxylation sites is 1. The molecule has 2 aromatic carbocycles. The molecule has 11 heteroatoms. The van der Waals surface area contributed by atoms with Gasteiger partial charge >= 0.3 is 5.76 Å². The van der Waals surface area contributed by atoms with Crippen LogP contribution in [0.4, 0.5) is 4.39 Å². The van der Waals surface area contributed by atoms with Crippen molar-refractivity contribution >= 4 is 11.6 Å². The van der Waals surface area contributed by atoms with E-state index in [1.165, 1.54) is 6.07 Å². The number of rotatable bonds is 7. The number of ether oxygens (including phenoxy) is 2. The summed E-state index contributed by atoms with van der Waals surface area (Å²) in [7, 11) is 0. The molecule has 0 amide bonds. The number of fused-ring (bicyclic) bond motifs is 1. The minimum absolute atomic E-state index is 0.265. The van der Waals surface area contributed by atoms with Crippen LogP contribution >= 0.6 is 11.6 Å². The predicted molar refractivity (Wildman–Crippen MR) is 150 cm³/mol. The minimum Gasteiger partial charge on any atom is -0.447 e. The zero-order valence-electron chi connectivity index (χ0n) is 22.6. The monoisotopic (exact) mass is 587 g/mol. The first-order valence-corrected chi connectivity index (χ1v) is 14.4. The third-order valence-corrected chi connectivity index (χ3v) is 8.71. The highest BCUT2D eigenvalue weighted by molar-refractivity contribution is 6.30. The predicted octanol–water partition coefficient (Wildman–Crippen LogP) is 5.91. The molecule has 42 heavy (non-hydrogen) atoms. The molecule has 9 nitrogen and oxygen atoms in total. The molecule has 1 atom stereocenters. The highest BCUT2D eigenvalue weighted by Gasteiger charge is 2.43. The van der Waals surface area contributed by atoms with Gasteiger partial charge in [0.2, 0.25) is 0 Å². The van der Waals surface area contributed by atoms with Gasteiger partial charge in [0.1, 0.15) is 5.82 Å². The Labute approximate surface area is 245 Å². The summed E-state index contributed by atoms with van der Waals surface area (Å²) in [5, 5.41) is 13.8. The Hall–Kier alpha value is -4.20. The summed E-state index contributed by atoms with van der Waals surface area (Å²) in [5.74, 6) is 0.789. The summed E-state index contributed by atoms with van der Waals surface area (Å²) >= 11 is 5.92. The van der Waals surface area contributed by atoms with E-state index in [-0.39, 0.29) is 11.3 Å². The molecule has 2 aliphatic heterocycles. The van der Waals surface area contributed by atoms with Crippen molar-refractivity contribution in [1.29, 1.82) is 5.26 Å². The van der Waals surface area contributed by atoms with Crippen LogP contribution in [0, 0.1) is 22.6 Å². The Morgan fingerprint density at radius 1 is 1.14 bits per heavy atom. The molecule has 4 aromatic rings. The van der Waals surface area contributed by atoms with Gasteiger partial charge in [0.05, 0.1) is 22.7 Å². The lowest BCUT2D eigenvalue weighted by atomic mass is 9.88. The number of likely N-dealkylation sites (tertiary alicyclic amines) is 1. The summed E-state index contributed by atoms with van der Waals surface area (Å²) in [4.78, 5) is 21.2. The van der Waals surface area contributed by atoms with E-state index >= 15 is 0 Å².